The number of aromatic nitrogens is 20. The van der Waals surface area contributed by atoms with Crippen LogP contribution in [-0.4, -0.2) is 98.0 Å². The molecule has 4 aromatic carbocycles. The van der Waals surface area contributed by atoms with Gasteiger partial charge in [0.15, 0.2) is 23.3 Å². The summed E-state index contributed by atoms with van der Waals surface area (Å²) in [6.45, 7) is 17.3. The molecule has 0 bridgehead atoms. The van der Waals surface area contributed by atoms with Crippen LogP contribution in [0.15, 0.2) is 160 Å². The van der Waals surface area contributed by atoms with Crippen molar-refractivity contribution >= 4 is 148 Å². The van der Waals surface area contributed by atoms with Gasteiger partial charge >= 0.3 is 0 Å². The number of nitrogens with two attached hydrogens (primary N) is 4. The molecule has 0 aliphatic heterocycles. The number of halogens is 6. The second-order valence-corrected chi connectivity index (χ2v) is 32.0. The van der Waals surface area contributed by atoms with Gasteiger partial charge in [0.1, 0.15) is 122 Å². The molecule has 36 nitrogen and oxygen atoms in total. The van der Waals surface area contributed by atoms with E-state index in [4.69, 9.17) is 95.9 Å². The number of hydrogen-bond donors (Lipinski definition) is 8. The number of anilines is 8. The van der Waals surface area contributed by atoms with Crippen LogP contribution in [0.3, 0.4) is 0 Å². The van der Waals surface area contributed by atoms with E-state index in [9.17, 15) is 44.6 Å². The zero-order valence-corrected chi connectivity index (χ0v) is 74.8. The molecule has 656 valence electrons. The van der Waals surface area contributed by atoms with Crippen LogP contribution in [-0.2, 0) is 0 Å². The summed E-state index contributed by atoms with van der Waals surface area (Å²) in [6, 6.07) is 31.4. The Balaban J connectivity index is 0.000000141. The molecule has 1 fully saturated rings. The molecular formula is C89H74Cl5FN32O4. The van der Waals surface area contributed by atoms with E-state index >= 15 is 0 Å². The Morgan fingerprint density at radius 3 is 1.10 bits per heavy atom. The van der Waals surface area contributed by atoms with Crippen molar-refractivity contribution in [1.82, 2.24) is 98.0 Å². The number of fused-ring (bicyclic) bond motifs is 4. The van der Waals surface area contributed by atoms with E-state index in [0.29, 0.717) is 106 Å². The lowest BCUT2D eigenvalue weighted by Crippen LogP contribution is -2.30. The lowest BCUT2D eigenvalue weighted by molar-refractivity contribution is 0.607. The molecule has 0 spiro atoms. The Hall–Kier alpha value is -15.9. The fraction of sp³-hybridized carbons (Fsp3) is 0.191. The van der Waals surface area contributed by atoms with Gasteiger partial charge in [0, 0.05) is 24.2 Å². The first-order valence-corrected chi connectivity index (χ1v) is 41.7. The molecule has 16 aromatic rings. The standard InChI is InChI=1S/C23H18Cl2N8O.C22H18ClFN8O.2C22H19ClN8O/c1-11-29-20(27)14(9-26)21(30-11)31-18(12-4-5-12)22-32-19-16(25)7-6-15(24)17(19)23(34)33(22)13-3-2-8-28-10-13;1-10-15(24)8-27-9-17(10)32-21(31-16-6-4-5-14(23)18(16)22(32)33)11(2)28-20-13(7-25)19(26)29-12(3)30-20;2*1-11-7-8-26-10-17(11)31-21(30-16-6-4-5-15(23)18(16)22(31)32)12(2)27-20-14(9-24)19(25)28-13(3)29-20/h2-3,6-8,10,12,18H,4-5H2,1H3,(H3,27,29,30,31);4-6,8-9,11H,1-3H3,(H3,26,28,29,30);2*4-8,10,12H,1-3H3,(H3,25,27,28,29)/t18-;11-;2*12-/m0000/s1. The Labute approximate surface area is 768 Å². The topological polar surface area (TPSA) is 542 Å². The Morgan fingerprint density at radius 2 is 0.733 bits per heavy atom. The molecule has 0 amide bonds. The molecule has 12 aromatic heterocycles. The van der Waals surface area contributed by atoms with Gasteiger partial charge in [-0.1, -0.05) is 76.2 Å². The van der Waals surface area contributed by atoms with Crippen molar-refractivity contribution in [3.63, 3.8) is 0 Å². The highest BCUT2D eigenvalue weighted by molar-refractivity contribution is 6.40. The number of nitrogens with zero attached hydrogens (tertiary/aromatic N) is 24. The summed E-state index contributed by atoms with van der Waals surface area (Å²) in [5.41, 5.74) is 28.0. The van der Waals surface area contributed by atoms with Gasteiger partial charge in [0.25, 0.3) is 22.2 Å². The molecule has 4 atom stereocenters. The molecule has 0 saturated heterocycles. The number of rotatable bonds is 17. The fourth-order valence-corrected chi connectivity index (χ4v) is 15.7. The highest BCUT2D eigenvalue weighted by atomic mass is 35.5. The van der Waals surface area contributed by atoms with Gasteiger partial charge in [0.05, 0.1) is 147 Å². The van der Waals surface area contributed by atoms with Crippen molar-refractivity contribution in [3.05, 3.63) is 298 Å². The minimum absolute atomic E-state index is 0.0283. The van der Waals surface area contributed by atoms with Crippen LogP contribution in [0.1, 0.15) is 143 Å². The molecule has 131 heavy (non-hydrogen) atoms. The summed E-state index contributed by atoms with van der Waals surface area (Å²) in [5, 5.41) is 53.4. The van der Waals surface area contributed by atoms with E-state index in [1.807, 2.05) is 58.0 Å². The monoisotopic (exact) mass is 1850 g/mol. The first-order chi connectivity index (χ1) is 62.7. The van der Waals surface area contributed by atoms with E-state index in [0.717, 1.165) is 30.2 Å². The number of benzene rings is 4. The van der Waals surface area contributed by atoms with Gasteiger partial charge in [0.2, 0.25) is 0 Å². The van der Waals surface area contributed by atoms with Crippen LogP contribution in [0, 0.1) is 106 Å². The largest absolute Gasteiger partial charge is 0.382 e. The van der Waals surface area contributed by atoms with Crippen molar-refractivity contribution in [1.29, 1.82) is 21.0 Å². The predicted octanol–water partition coefficient (Wildman–Crippen LogP) is 14.7. The van der Waals surface area contributed by atoms with E-state index in [1.165, 1.54) is 24.5 Å². The highest BCUT2D eigenvalue weighted by Gasteiger charge is 2.38. The minimum Gasteiger partial charge on any atom is -0.382 e. The third-order valence-corrected chi connectivity index (χ3v) is 22.4. The zero-order chi connectivity index (χ0) is 93.8. The normalized spacial score (nSPS) is 12.4. The second-order valence-electron chi connectivity index (χ2n) is 29.9. The van der Waals surface area contributed by atoms with Crippen LogP contribution >= 0.6 is 58.0 Å². The summed E-state index contributed by atoms with van der Waals surface area (Å²) in [4.78, 5) is 123. The summed E-state index contributed by atoms with van der Waals surface area (Å²) in [7, 11) is 0. The molecule has 17 rings (SSSR count). The Kier molecular flexibility index (Phi) is 26.7. The van der Waals surface area contributed by atoms with Crippen LogP contribution < -0.4 is 66.4 Å². The van der Waals surface area contributed by atoms with Crippen LogP contribution in [0.5, 0.6) is 0 Å². The summed E-state index contributed by atoms with van der Waals surface area (Å²) in [6.07, 6.45) is 14.0. The molecule has 42 heteroatoms. The quantitative estimate of drug-likeness (QED) is 0.0420. The Bertz CT molecular complexity index is 7540. The fourth-order valence-electron chi connectivity index (χ4n) is 14.5. The molecule has 1 saturated carbocycles. The lowest BCUT2D eigenvalue weighted by Gasteiger charge is -2.24. The number of nitrogens with one attached hydrogen (secondary N) is 4. The number of nitriles is 4. The SMILES string of the molecule is Cc1nc(N)c(C#N)c(N[C@@H](C)c2nc3cccc(Cl)c3c(=O)n2-c2cncc(F)c2C)n1.Cc1nc(N)c(C#N)c(N[C@@H](C)c2nc3cccc(Cl)c3c(=O)n2-c2cnccc2C)n1.Cc1nc(N)c(C#N)c(N[C@@H](C)c2nc3cccc(Cl)c3c(=O)n2-c2cnccc2C)n1.Cc1nc(N)c(C#N)c(N[C@H](c2nc3c(Cl)ccc(Cl)c3c(=O)n2-c2cccnc2)C2CC2)n1. The molecule has 1 aliphatic rings. The van der Waals surface area contributed by atoms with E-state index in [2.05, 4.69) is 92.1 Å². The van der Waals surface area contributed by atoms with Crippen molar-refractivity contribution in [2.45, 2.75) is 106 Å². The van der Waals surface area contributed by atoms with Gasteiger partial charge in [-0.25, -0.2) is 64.2 Å². The molecule has 12 N–H and O–H groups in total. The van der Waals surface area contributed by atoms with E-state index in [-0.39, 0.29) is 129 Å². The third kappa shape index (κ3) is 18.5. The molecule has 1 aliphatic carbocycles. The van der Waals surface area contributed by atoms with Crippen molar-refractivity contribution in [2.75, 3.05) is 44.2 Å². The molecular weight excluding hydrogens is 1780 g/mol. The lowest BCUT2D eigenvalue weighted by atomic mass is 10.1. The molecule has 0 unspecified atom stereocenters. The average molecular weight is 1850 g/mol. The van der Waals surface area contributed by atoms with Gasteiger partial charge < -0.3 is 44.2 Å². The average Bonchev–Trinajstić information content (AvgIpc) is 1.55. The molecule has 12 heterocycles. The number of nitrogen functional groups attached to an aromatic ring is 4. The van der Waals surface area contributed by atoms with Gasteiger partial charge in [-0.3, -0.25) is 57.4 Å². The minimum atomic E-state index is -0.662. The van der Waals surface area contributed by atoms with Crippen molar-refractivity contribution < 1.29 is 4.39 Å². The van der Waals surface area contributed by atoms with Gasteiger partial charge in [-0.15, -0.1) is 0 Å². The highest BCUT2D eigenvalue weighted by Crippen LogP contribution is 2.44. The summed E-state index contributed by atoms with van der Waals surface area (Å²) >= 11 is 31.8. The Morgan fingerprint density at radius 1 is 0.382 bits per heavy atom. The molecule has 0 radical (unpaired) electrons. The van der Waals surface area contributed by atoms with Gasteiger partial charge in [-0.05, 0) is 172 Å². The first kappa shape index (κ1) is 91.3. The zero-order valence-electron chi connectivity index (χ0n) is 71.0. The number of aryl methyl sites for hydroxylation is 6. The van der Waals surface area contributed by atoms with Gasteiger partial charge in [-0.2, -0.15) is 21.0 Å². The number of hydrogen-bond acceptors (Lipinski definition) is 32. The summed E-state index contributed by atoms with van der Waals surface area (Å²) in [5.74, 6) is 3.90. The van der Waals surface area contributed by atoms with E-state index < -0.39 is 35.5 Å². The second kappa shape index (κ2) is 38.3. The van der Waals surface area contributed by atoms with Crippen LogP contribution in [0.2, 0.25) is 25.1 Å². The third-order valence-electron chi connectivity index (χ3n) is 20.9. The maximum absolute atomic E-state index is 14.4. The summed E-state index contributed by atoms with van der Waals surface area (Å²) < 4.78 is 20.1. The van der Waals surface area contributed by atoms with Crippen molar-refractivity contribution in [3.8, 4) is 47.0 Å². The van der Waals surface area contributed by atoms with Crippen LogP contribution in [0.25, 0.3) is 66.4 Å². The first-order valence-electron chi connectivity index (χ1n) is 39.8. The van der Waals surface area contributed by atoms with Crippen LogP contribution in [0.4, 0.5) is 50.9 Å². The number of pyridine rings is 4. The maximum Gasteiger partial charge on any atom is 0.267 e. The van der Waals surface area contributed by atoms with E-state index in [1.54, 1.807) is 158 Å². The smallest absolute Gasteiger partial charge is 0.267 e. The maximum atomic E-state index is 14.4. The van der Waals surface area contributed by atoms with Crippen molar-refractivity contribution in [2.24, 2.45) is 5.92 Å². The predicted molar refractivity (Wildman–Crippen MR) is 499 cm³/mol.